The zero-order chi connectivity index (χ0) is 28.4. The average molecular weight is 563 g/mol. The van der Waals surface area contributed by atoms with E-state index in [1.807, 2.05) is 78.9 Å². The number of ether oxygens (including phenoxy) is 2. The molecule has 1 unspecified atom stereocenters. The second kappa shape index (κ2) is 13.3. The third kappa shape index (κ3) is 7.00. The number of benzene rings is 4. The number of non-ortho nitro benzene ring substituents is 1. The number of amides is 1. The SMILES string of the molecule is COc1ccc(C(Cl)(c2ccccc2)c2ccc(OCCCNC(=O)OOc3ccc([N+](=O)[O-])cc3)cc2)cc1. The van der Waals surface area contributed by atoms with Gasteiger partial charge in [-0.2, -0.15) is 0 Å². The van der Waals surface area contributed by atoms with Crippen molar-refractivity contribution in [2.75, 3.05) is 20.3 Å². The first-order valence-corrected chi connectivity index (χ1v) is 12.8. The van der Waals surface area contributed by atoms with Crippen molar-refractivity contribution in [1.29, 1.82) is 0 Å². The second-order valence-corrected chi connectivity index (χ2v) is 9.18. The molecule has 0 aromatic heterocycles. The fourth-order valence-corrected chi connectivity index (χ4v) is 4.34. The molecule has 0 heterocycles. The lowest BCUT2D eigenvalue weighted by Gasteiger charge is -2.29. The van der Waals surface area contributed by atoms with Crippen LogP contribution < -0.4 is 19.7 Å². The topological polar surface area (TPSA) is 109 Å². The lowest BCUT2D eigenvalue weighted by molar-refractivity contribution is -0.384. The standard InChI is InChI=1S/C30H27ClN2O7/c1-37-26-14-8-23(9-15-26)30(31,22-6-3-2-4-7-22)24-10-16-27(17-11-24)38-21-5-20-32-29(34)40-39-28-18-12-25(13-19-28)33(35)36/h2-4,6-19H,5,20-21H2,1H3,(H,32,34). The number of nitrogens with zero attached hydrogens (tertiary/aromatic N) is 1. The van der Waals surface area contributed by atoms with Crippen molar-refractivity contribution in [2.45, 2.75) is 11.3 Å². The maximum absolute atomic E-state index is 11.8. The minimum atomic E-state index is -0.910. The summed E-state index contributed by atoms with van der Waals surface area (Å²) in [5.41, 5.74) is 2.63. The zero-order valence-corrected chi connectivity index (χ0v) is 22.4. The highest BCUT2D eigenvalue weighted by atomic mass is 35.5. The molecule has 0 spiro atoms. The summed E-state index contributed by atoms with van der Waals surface area (Å²) in [4.78, 5) is 30.5. The van der Waals surface area contributed by atoms with Gasteiger partial charge in [0.25, 0.3) is 5.69 Å². The van der Waals surface area contributed by atoms with Gasteiger partial charge in [-0.1, -0.05) is 54.6 Å². The van der Waals surface area contributed by atoms with Gasteiger partial charge in [-0.15, -0.1) is 11.6 Å². The molecule has 0 bridgehead atoms. The van der Waals surface area contributed by atoms with Crippen LogP contribution >= 0.6 is 11.6 Å². The predicted molar refractivity (Wildman–Crippen MR) is 150 cm³/mol. The molecule has 0 aliphatic rings. The molecule has 0 saturated heterocycles. The van der Waals surface area contributed by atoms with E-state index in [1.165, 1.54) is 24.3 Å². The lowest BCUT2D eigenvalue weighted by Crippen LogP contribution is -2.27. The Balaban J connectivity index is 1.28. The molecule has 1 amide bonds. The van der Waals surface area contributed by atoms with Crippen LogP contribution in [-0.2, 0) is 9.76 Å². The van der Waals surface area contributed by atoms with Crippen LogP contribution in [0.3, 0.4) is 0 Å². The largest absolute Gasteiger partial charge is 0.497 e. The summed E-state index contributed by atoms with van der Waals surface area (Å²) in [7, 11) is 1.62. The summed E-state index contributed by atoms with van der Waals surface area (Å²) >= 11 is 7.35. The number of carbonyl (C=O) groups excluding carboxylic acids is 1. The van der Waals surface area contributed by atoms with Gasteiger partial charge >= 0.3 is 6.09 Å². The van der Waals surface area contributed by atoms with Gasteiger partial charge < -0.3 is 14.8 Å². The molecule has 206 valence electrons. The van der Waals surface area contributed by atoms with Crippen molar-refractivity contribution in [3.63, 3.8) is 0 Å². The number of hydrogen-bond acceptors (Lipinski definition) is 7. The molecule has 0 radical (unpaired) electrons. The maximum atomic E-state index is 11.8. The van der Waals surface area contributed by atoms with Crippen LogP contribution in [0.25, 0.3) is 0 Å². The first-order chi connectivity index (χ1) is 19.4. The quantitative estimate of drug-likeness (QED) is 0.0516. The maximum Gasteiger partial charge on any atom is 0.450 e. The van der Waals surface area contributed by atoms with Crippen molar-refractivity contribution in [3.05, 3.63) is 130 Å². The second-order valence-electron chi connectivity index (χ2n) is 8.61. The molecule has 4 aromatic carbocycles. The highest BCUT2D eigenvalue weighted by Gasteiger charge is 2.34. The molecule has 9 nitrogen and oxygen atoms in total. The number of alkyl halides is 1. The summed E-state index contributed by atoms with van der Waals surface area (Å²) in [6, 6.07) is 30.3. The number of methoxy groups -OCH3 is 1. The number of nitro groups is 1. The monoisotopic (exact) mass is 562 g/mol. The molecular weight excluding hydrogens is 536 g/mol. The Labute approximate surface area is 236 Å². The van der Waals surface area contributed by atoms with E-state index in [1.54, 1.807) is 7.11 Å². The molecular formula is C30H27ClN2O7. The Bertz CT molecular complexity index is 1400. The predicted octanol–water partition coefficient (Wildman–Crippen LogP) is 6.62. The van der Waals surface area contributed by atoms with E-state index in [0.29, 0.717) is 18.8 Å². The first-order valence-electron chi connectivity index (χ1n) is 12.4. The number of hydrogen-bond donors (Lipinski definition) is 1. The van der Waals surface area contributed by atoms with Gasteiger partial charge in [0.05, 0.1) is 18.6 Å². The Morgan fingerprint density at radius 2 is 1.38 bits per heavy atom. The van der Waals surface area contributed by atoms with Gasteiger partial charge in [0.2, 0.25) is 0 Å². The van der Waals surface area contributed by atoms with Gasteiger partial charge in [-0.05, 0) is 59.5 Å². The molecule has 40 heavy (non-hydrogen) atoms. The molecule has 1 N–H and O–H groups in total. The minimum Gasteiger partial charge on any atom is -0.497 e. The van der Waals surface area contributed by atoms with Gasteiger partial charge in [0.15, 0.2) is 5.75 Å². The van der Waals surface area contributed by atoms with E-state index in [-0.39, 0.29) is 18.0 Å². The summed E-state index contributed by atoms with van der Waals surface area (Å²) in [5, 5.41) is 13.2. The fourth-order valence-electron chi connectivity index (χ4n) is 3.96. The zero-order valence-electron chi connectivity index (χ0n) is 21.6. The summed E-state index contributed by atoms with van der Waals surface area (Å²) in [6.07, 6.45) is -0.274. The van der Waals surface area contributed by atoms with E-state index < -0.39 is 15.9 Å². The van der Waals surface area contributed by atoms with Crippen LogP contribution in [0.15, 0.2) is 103 Å². The Kier molecular flexibility index (Phi) is 9.43. The third-order valence-corrected chi connectivity index (χ3v) is 6.69. The van der Waals surface area contributed by atoms with Crippen molar-refractivity contribution in [1.82, 2.24) is 5.32 Å². The number of rotatable bonds is 12. The van der Waals surface area contributed by atoms with E-state index >= 15 is 0 Å². The van der Waals surface area contributed by atoms with Crippen LogP contribution in [0.5, 0.6) is 17.2 Å². The van der Waals surface area contributed by atoms with E-state index in [9.17, 15) is 14.9 Å². The lowest BCUT2D eigenvalue weighted by atomic mass is 9.84. The number of nitrogens with one attached hydrogen (secondary N) is 1. The molecule has 0 fully saturated rings. The molecule has 10 heteroatoms. The third-order valence-electron chi connectivity index (χ3n) is 6.03. The average Bonchev–Trinajstić information content (AvgIpc) is 3.00. The number of nitro benzene ring substituents is 1. The molecule has 0 aliphatic heterocycles. The van der Waals surface area contributed by atoms with Gasteiger partial charge in [-0.3, -0.25) is 15.0 Å². The Morgan fingerprint density at radius 1 is 0.825 bits per heavy atom. The van der Waals surface area contributed by atoms with Crippen LogP contribution in [0.1, 0.15) is 23.1 Å². The Hall–Kier alpha value is -4.76. The molecule has 0 aliphatic carbocycles. The van der Waals surface area contributed by atoms with E-state index in [4.69, 9.17) is 26.0 Å². The van der Waals surface area contributed by atoms with Crippen molar-refractivity contribution in [2.24, 2.45) is 0 Å². The first kappa shape index (κ1) is 28.3. The molecule has 4 aromatic rings. The van der Waals surface area contributed by atoms with Crippen LogP contribution in [-0.4, -0.2) is 31.3 Å². The van der Waals surface area contributed by atoms with Crippen LogP contribution in [0.2, 0.25) is 0 Å². The van der Waals surface area contributed by atoms with Gasteiger partial charge in [-0.25, -0.2) is 9.68 Å². The van der Waals surface area contributed by atoms with Crippen molar-refractivity contribution >= 4 is 23.4 Å². The normalized spacial score (nSPS) is 12.1. The van der Waals surface area contributed by atoms with Crippen molar-refractivity contribution < 1.29 is 29.0 Å². The molecule has 4 rings (SSSR count). The molecule has 1 atom stereocenters. The Morgan fingerprint density at radius 3 is 1.95 bits per heavy atom. The number of carbonyl (C=O) groups is 1. The van der Waals surface area contributed by atoms with E-state index in [2.05, 4.69) is 10.2 Å². The highest BCUT2D eigenvalue weighted by molar-refractivity contribution is 6.28. The van der Waals surface area contributed by atoms with Gasteiger partial charge in [0.1, 0.15) is 16.4 Å². The van der Waals surface area contributed by atoms with Crippen molar-refractivity contribution in [3.8, 4) is 17.2 Å². The van der Waals surface area contributed by atoms with Crippen LogP contribution in [0, 0.1) is 10.1 Å². The minimum absolute atomic E-state index is 0.0955. The smallest absolute Gasteiger partial charge is 0.450 e. The number of halogens is 1. The van der Waals surface area contributed by atoms with Gasteiger partial charge in [0, 0.05) is 18.7 Å². The molecule has 0 saturated carbocycles. The van der Waals surface area contributed by atoms with Crippen LogP contribution in [0.4, 0.5) is 10.5 Å². The summed E-state index contributed by atoms with van der Waals surface area (Å²) < 4.78 is 11.1. The van der Waals surface area contributed by atoms with E-state index in [0.717, 1.165) is 22.4 Å². The highest BCUT2D eigenvalue weighted by Crippen LogP contribution is 2.43. The fraction of sp³-hybridized carbons (Fsp3) is 0.167. The summed E-state index contributed by atoms with van der Waals surface area (Å²) in [5.74, 6) is 1.57. The summed E-state index contributed by atoms with van der Waals surface area (Å²) in [6.45, 7) is 0.642.